The first kappa shape index (κ1) is 12.7. The Labute approximate surface area is 107 Å². The molecule has 1 aliphatic heterocycles. The number of aryl methyl sites for hydroxylation is 1. The standard InChI is InChI=1S/C13H18N2O3/c1-10-3-4-12(14-9-10)18-11-5-7-15(8-6-11)13(16)17-2/h3-4,9,11H,5-8H2,1-2H3. The normalized spacial score (nSPS) is 16.4. The van der Waals surface area contributed by atoms with Gasteiger partial charge < -0.3 is 14.4 Å². The zero-order valence-electron chi connectivity index (χ0n) is 10.8. The number of methoxy groups -OCH3 is 1. The summed E-state index contributed by atoms with van der Waals surface area (Å²) >= 11 is 0. The van der Waals surface area contributed by atoms with Crippen molar-refractivity contribution in [2.24, 2.45) is 0 Å². The number of hydrogen-bond acceptors (Lipinski definition) is 4. The maximum Gasteiger partial charge on any atom is 0.409 e. The number of carbonyl (C=O) groups excluding carboxylic acids is 1. The first-order valence-corrected chi connectivity index (χ1v) is 6.11. The number of carbonyl (C=O) groups is 1. The molecule has 5 nitrogen and oxygen atoms in total. The molecule has 0 radical (unpaired) electrons. The Hall–Kier alpha value is -1.78. The zero-order chi connectivity index (χ0) is 13.0. The molecule has 0 N–H and O–H groups in total. The molecule has 1 amide bonds. The van der Waals surface area contributed by atoms with Crippen molar-refractivity contribution in [2.45, 2.75) is 25.9 Å². The number of nitrogens with zero attached hydrogens (tertiary/aromatic N) is 2. The van der Waals surface area contributed by atoms with Crippen molar-refractivity contribution >= 4 is 6.09 Å². The van der Waals surface area contributed by atoms with E-state index < -0.39 is 0 Å². The lowest BCUT2D eigenvalue weighted by molar-refractivity contribution is 0.0772. The lowest BCUT2D eigenvalue weighted by Crippen LogP contribution is -2.41. The van der Waals surface area contributed by atoms with E-state index in [1.165, 1.54) is 7.11 Å². The molecule has 2 rings (SSSR count). The monoisotopic (exact) mass is 250 g/mol. The molecule has 1 fully saturated rings. The van der Waals surface area contributed by atoms with E-state index in [9.17, 15) is 4.79 Å². The Morgan fingerprint density at radius 2 is 2.11 bits per heavy atom. The molecule has 0 unspecified atom stereocenters. The van der Waals surface area contributed by atoms with Crippen molar-refractivity contribution in [3.63, 3.8) is 0 Å². The molecule has 1 aromatic heterocycles. The van der Waals surface area contributed by atoms with Crippen LogP contribution in [0.25, 0.3) is 0 Å². The van der Waals surface area contributed by atoms with Crippen LogP contribution >= 0.6 is 0 Å². The molecule has 0 saturated carbocycles. The van der Waals surface area contributed by atoms with Gasteiger partial charge in [0.25, 0.3) is 0 Å². The largest absolute Gasteiger partial charge is 0.474 e. The van der Waals surface area contributed by atoms with E-state index in [1.54, 1.807) is 11.1 Å². The van der Waals surface area contributed by atoms with Gasteiger partial charge in [0, 0.05) is 38.2 Å². The van der Waals surface area contributed by atoms with Gasteiger partial charge in [-0.1, -0.05) is 6.07 Å². The average Bonchev–Trinajstić information content (AvgIpc) is 2.41. The van der Waals surface area contributed by atoms with Crippen LogP contribution in [0.3, 0.4) is 0 Å². The van der Waals surface area contributed by atoms with Crippen molar-refractivity contribution in [2.75, 3.05) is 20.2 Å². The summed E-state index contributed by atoms with van der Waals surface area (Å²) in [5.74, 6) is 0.650. The van der Waals surface area contributed by atoms with Gasteiger partial charge in [0.05, 0.1) is 7.11 Å². The van der Waals surface area contributed by atoms with Crippen LogP contribution in [0.4, 0.5) is 4.79 Å². The van der Waals surface area contributed by atoms with Gasteiger partial charge in [-0.3, -0.25) is 0 Å². The first-order chi connectivity index (χ1) is 8.69. The molecule has 98 valence electrons. The van der Waals surface area contributed by atoms with Gasteiger partial charge in [-0.15, -0.1) is 0 Å². The molecular weight excluding hydrogens is 232 g/mol. The fourth-order valence-corrected chi connectivity index (χ4v) is 1.98. The lowest BCUT2D eigenvalue weighted by Gasteiger charge is -2.30. The van der Waals surface area contributed by atoms with Crippen LogP contribution in [0.1, 0.15) is 18.4 Å². The van der Waals surface area contributed by atoms with Gasteiger partial charge in [0.15, 0.2) is 0 Å². The van der Waals surface area contributed by atoms with Gasteiger partial charge in [0.1, 0.15) is 6.10 Å². The number of pyridine rings is 1. The molecule has 1 aromatic rings. The summed E-state index contributed by atoms with van der Waals surface area (Å²) in [5.41, 5.74) is 1.11. The minimum atomic E-state index is -0.262. The molecule has 18 heavy (non-hydrogen) atoms. The maximum absolute atomic E-state index is 11.3. The fraction of sp³-hybridized carbons (Fsp3) is 0.538. The Bertz CT molecular complexity index is 397. The third kappa shape index (κ3) is 3.12. The summed E-state index contributed by atoms with van der Waals surface area (Å²) in [6, 6.07) is 3.86. The second-order valence-electron chi connectivity index (χ2n) is 4.45. The topological polar surface area (TPSA) is 51.7 Å². The summed E-state index contributed by atoms with van der Waals surface area (Å²) in [7, 11) is 1.40. The number of likely N-dealkylation sites (tertiary alicyclic amines) is 1. The van der Waals surface area contributed by atoms with Crippen molar-refractivity contribution < 1.29 is 14.3 Å². The Kier molecular flexibility index (Phi) is 4.02. The molecular formula is C13H18N2O3. The second-order valence-corrected chi connectivity index (χ2v) is 4.45. The summed E-state index contributed by atoms with van der Waals surface area (Å²) in [6.45, 7) is 3.33. The predicted octanol–water partition coefficient (Wildman–Crippen LogP) is 2.00. The van der Waals surface area contributed by atoms with E-state index in [-0.39, 0.29) is 12.2 Å². The number of rotatable bonds is 2. The first-order valence-electron chi connectivity index (χ1n) is 6.11. The average molecular weight is 250 g/mol. The second kappa shape index (κ2) is 5.71. The van der Waals surface area contributed by atoms with Crippen molar-refractivity contribution in [3.05, 3.63) is 23.9 Å². The van der Waals surface area contributed by atoms with Gasteiger partial charge in [0.2, 0.25) is 5.88 Å². The lowest BCUT2D eigenvalue weighted by atomic mass is 10.1. The number of piperidine rings is 1. The van der Waals surface area contributed by atoms with Gasteiger partial charge >= 0.3 is 6.09 Å². The molecule has 1 aliphatic rings. The van der Waals surface area contributed by atoms with E-state index in [0.29, 0.717) is 19.0 Å². The highest BCUT2D eigenvalue weighted by atomic mass is 16.5. The summed E-state index contributed by atoms with van der Waals surface area (Å²) < 4.78 is 10.5. The van der Waals surface area contributed by atoms with Crippen LogP contribution in [0.5, 0.6) is 5.88 Å². The van der Waals surface area contributed by atoms with E-state index in [2.05, 4.69) is 4.98 Å². The fourth-order valence-electron chi connectivity index (χ4n) is 1.98. The van der Waals surface area contributed by atoms with Crippen LogP contribution in [0.2, 0.25) is 0 Å². The summed E-state index contributed by atoms with van der Waals surface area (Å²) in [4.78, 5) is 17.2. The smallest absolute Gasteiger partial charge is 0.409 e. The van der Waals surface area contributed by atoms with Crippen LogP contribution in [-0.4, -0.2) is 42.3 Å². The maximum atomic E-state index is 11.3. The van der Waals surface area contributed by atoms with E-state index in [4.69, 9.17) is 9.47 Å². The third-order valence-corrected chi connectivity index (χ3v) is 3.05. The van der Waals surface area contributed by atoms with Gasteiger partial charge in [-0.2, -0.15) is 0 Å². The molecule has 0 aliphatic carbocycles. The Balaban J connectivity index is 1.83. The number of ether oxygens (including phenoxy) is 2. The highest BCUT2D eigenvalue weighted by Gasteiger charge is 2.24. The molecule has 5 heteroatoms. The van der Waals surface area contributed by atoms with Crippen LogP contribution in [0.15, 0.2) is 18.3 Å². The van der Waals surface area contributed by atoms with E-state index >= 15 is 0 Å². The molecule has 0 aromatic carbocycles. The molecule has 2 heterocycles. The number of amides is 1. The molecule has 0 atom stereocenters. The quantitative estimate of drug-likeness (QED) is 0.805. The summed E-state index contributed by atoms with van der Waals surface area (Å²) in [6.07, 6.45) is 3.27. The zero-order valence-corrected chi connectivity index (χ0v) is 10.8. The minimum Gasteiger partial charge on any atom is -0.474 e. The van der Waals surface area contributed by atoms with Crippen molar-refractivity contribution in [1.29, 1.82) is 0 Å². The number of aromatic nitrogens is 1. The Morgan fingerprint density at radius 3 is 2.67 bits per heavy atom. The molecule has 1 saturated heterocycles. The van der Waals surface area contributed by atoms with Gasteiger partial charge in [-0.25, -0.2) is 9.78 Å². The highest BCUT2D eigenvalue weighted by Crippen LogP contribution is 2.17. The van der Waals surface area contributed by atoms with E-state index in [0.717, 1.165) is 18.4 Å². The highest BCUT2D eigenvalue weighted by molar-refractivity contribution is 5.67. The summed E-state index contributed by atoms with van der Waals surface area (Å²) in [5, 5.41) is 0. The van der Waals surface area contributed by atoms with Crippen LogP contribution in [-0.2, 0) is 4.74 Å². The Morgan fingerprint density at radius 1 is 1.39 bits per heavy atom. The number of hydrogen-bond donors (Lipinski definition) is 0. The van der Waals surface area contributed by atoms with Crippen molar-refractivity contribution in [1.82, 2.24) is 9.88 Å². The van der Waals surface area contributed by atoms with Gasteiger partial charge in [-0.05, 0) is 12.5 Å². The van der Waals surface area contributed by atoms with Crippen LogP contribution < -0.4 is 4.74 Å². The van der Waals surface area contributed by atoms with E-state index in [1.807, 2.05) is 19.1 Å². The van der Waals surface area contributed by atoms with Crippen LogP contribution in [0, 0.1) is 6.92 Å². The minimum absolute atomic E-state index is 0.126. The SMILES string of the molecule is COC(=O)N1CCC(Oc2ccc(C)cn2)CC1. The predicted molar refractivity (Wildman–Crippen MR) is 66.6 cm³/mol. The molecule has 0 bridgehead atoms. The third-order valence-electron chi connectivity index (χ3n) is 3.05. The van der Waals surface area contributed by atoms with Crippen molar-refractivity contribution in [3.8, 4) is 5.88 Å². The molecule has 0 spiro atoms.